The fraction of sp³-hybridized carbons (Fsp3) is 0.667. The Hall–Kier alpha value is -0.990. The van der Waals surface area contributed by atoms with Crippen molar-refractivity contribution in [3.63, 3.8) is 0 Å². The van der Waals surface area contributed by atoms with Crippen LogP contribution in [-0.2, 0) is 0 Å². The summed E-state index contributed by atoms with van der Waals surface area (Å²) in [5.74, 6) is 2.41. The fourth-order valence-corrected chi connectivity index (χ4v) is 1.35. The van der Waals surface area contributed by atoms with Gasteiger partial charge in [-0.2, -0.15) is 5.10 Å². The van der Waals surface area contributed by atoms with Crippen molar-refractivity contribution in [2.75, 3.05) is 0 Å². The zero-order valence-electron chi connectivity index (χ0n) is 8.26. The molecule has 0 aromatic rings. The Morgan fingerprint density at radius 2 is 1.92 bits per heavy atom. The molecule has 0 unspecified atom stereocenters. The lowest BCUT2D eigenvalue weighted by molar-refractivity contribution is 0.411. The molecule has 0 aliphatic carbocycles. The van der Waals surface area contributed by atoms with Crippen LogP contribution >= 0.6 is 0 Å². The van der Waals surface area contributed by atoms with Crippen molar-refractivity contribution in [3.05, 3.63) is 12.4 Å². The molecule has 0 bridgehead atoms. The molecule has 3 nitrogen and oxygen atoms in total. The van der Waals surface area contributed by atoms with E-state index in [0.29, 0.717) is 12.0 Å². The molecule has 0 radical (unpaired) electrons. The highest BCUT2D eigenvalue weighted by atomic mass is 15.5. The number of hydrazone groups is 1. The van der Waals surface area contributed by atoms with Crippen LogP contribution in [0.25, 0.3) is 0 Å². The second-order valence-electron chi connectivity index (χ2n) is 3.65. The van der Waals surface area contributed by atoms with Crippen LogP contribution in [0.1, 0.15) is 27.7 Å². The molecule has 1 heterocycles. The fourth-order valence-electron chi connectivity index (χ4n) is 1.35. The Morgan fingerprint density at radius 3 is 2.25 bits per heavy atom. The van der Waals surface area contributed by atoms with Gasteiger partial charge in [-0.1, -0.05) is 20.4 Å². The second kappa shape index (κ2) is 3.17. The first-order chi connectivity index (χ1) is 5.54. The predicted molar refractivity (Wildman–Crippen MR) is 51.5 cm³/mol. The first kappa shape index (κ1) is 9.10. The molecule has 1 N–H and O–H groups in total. The molecule has 1 rings (SSSR count). The topological polar surface area (TPSA) is 27.6 Å². The van der Waals surface area contributed by atoms with Crippen molar-refractivity contribution >= 4 is 5.84 Å². The Kier molecular flexibility index (Phi) is 2.40. The van der Waals surface area contributed by atoms with Gasteiger partial charge in [0.15, 0.2) is 0 Å². The van der Waals surface area contributed by atoms with Crippen LogP contribution in [0.3, 0.4) is 0 Å². The minimum Gasteiger partial charge on any atom is -0.311 e. The molecule has 1 aliphatic heterocycles. The standard InChI is InChI=1S/C9H17N3/c1-6(2)9-11-10-8(5)12(9)7(3)4/h6-7,10H,5H2,1-4H3. The van der Waals surface area contributed by atoms with Gasteiger partial charge in [-0.05, 0) is 13.8 Å². The highest BCUT2D eigenvalue weighted by molar-refractivity contribution is 5.87. The Bertz CT molecular complexity index is 216. The van der Waals surface area contributed by atoms with Crippen LogP contribution < -0.4 is 5.43 Å². The molecule has 0 saturated heterocycles. The highest BCUT2D eigenvalue weighted by Gasteiger charge is 2.25. The van der Waals surface area contributed by atoms with E-state index >= 15 is 0 Å². The third kappa shape index (κ3) is 1.44. The van der Waals surface area contributed by atoms with Crippen molar-refractivity contribution in [2.24, 2.45) is 11.0 Å². The lowest BCUT2D eigenvalue weighted by atomic mass is 10.1. The van der Waals surface area contributed by atoms with E-state index in [-0.39, 0.29) is 0 Å². The van der Waals surface area contributed by atoms with Crippen molar-refractivity contribution in [3.8, 4) is 0 Å². The minimum absolute atomic E-state index is 0.425. The Balaban J connectivity index is 2.81. The van der Waals surface area contributed by atoms with Gasteiger partial charge in [0.25, 0.3) is 0 Å². The Labute approximate surface area is 74.1 Å². The predicted octanol–water partition coefficient (Wildman–Crippen LogP) is 1.74. The minimum atomic E-state index is 0.425. The van der Waals surface area contributed by atoms with Gasteiger partial charge < -0.3 is 4.90 Å². The number of hydrogen-bond acceptors (Lipinski definition) is 3. The summed E-state index contributed by atoms with van der Waals surface area (Å²) in [7, 11) is 0. The van der Waals surface area contributed by atoms with Gasteiger partial charge in [-0.25, -0.2) is 0 Å². The largest absolute Gasteiger partial charge is 0.311 e. The van der Waals surface area contributed by atoms with E-state index in [1.165, 1.54) is 0 Å². The van der Waals surface area contributed by atoms with E-state index in [2.05, 4.69) is 49.7 Å². The summed E-state index contributed by atoms with van der Waals surface area (Å²) in [5, 5.41) is 4.21. The van der Waals surface area contributed by atoms with Gasteiger partial charge in [0.05, 0.1) is 0 Å². The van der Waals surface area contributed by atoms with Crippen LogP contribution in [0, 0.1) is 5.92 Å². The smallest absolute Gasteiger partial charge is 0.133 e. The maximum absolute atomic E-state index is 4.21. The third-order valence-corrected chi connectivity index (χ3v) is 1.87. The zero-order valence-corrected chi connectivity index (χ0v) is 8.26. The first-order valence-electron chi connectivity index (χ1n) is 4.35. The monoisotopic (exact) mass is 167 g/mol. The highest BCUT2D eigenvalue weighted by Crippen LogP contribution is 2.16. The van der Waals surface area contributed by atoms with Gasteiger partial charge in [0.2, 0.25) is 0 Å². The summed E-state index contributed by atoms with van der Waals surface area (Å²) in [6.07, 6.45) is 0. The lowest BCUT2D eigenvalue weighted by Crippen LogP contribution is -2.35. The number of rotatable bonds is 2. The molecule has 0 fully saturated rings. The molecule has 0 spiro atoms. The molecule has 1 aliphatic rings. The molecule has 0 aromatic carbocycles. The first-order valence-corrected chi connectivity index (χ1v) is 4.35. The number of hydrogen-bond donors (Lipinski definition) is 1. The summed E-state index contributed by atoms with van der Waals surface area (Å²) in [6.45, 7) is 12.4. The van der Waals surface area contributed by atoms with Crippen molar-refractivity contribution in [1.29, 1.82) is 0 Å². The van der Waals surface area contributed by atoms with Gasteiger partial charge in [-0.3, -0.25) is 5.43 Å². The molecule has 12 heavy (non-hydrogen) atoms. The Morgan fingerprint density at radius 1 is 1.33 bits per heavy atom. The summed E-state index contributed by atoms with van der Waals surface area (Å²) < 4.78 is 0. The normalized spacial score (nSPS) is 17.3. The van der Waals surface area contributed by atoms with Crippen LogP contribution in [-0.4, -0.2) is 16.8 Å². The van der Waals surface area contributed by atoms with Gasteiger partial charge in [-0.15, -0.1) is 0 Å². The number of nitrogens with one attached hydrogen (secondary N) is 1. The molecule has 0 saturated carbocycles. The van der Waals surface area contributed by atoms with Crippen LogP contribution in [0.4, 0.5) is 0 Å². The molecule has 0 atom stereocenters. The van der Waals surface area contributed by atoms with Gasteiger partial charge in [0.1, 0.15) is 11.7 Å². The van der Waals surface area contributed by atoms with Crippen LogP contribution in [0.2, 0.25) is 0 Å². The van der Waals surface area contributed by atoms with Crippen molar-refractivity contribution in [2.45, 2.75) is 33.7 Å². The van der Waals surface area contributed by atoms with Crippen LogP contribution in [0.15, 0.2) is 17.5 Å². The molecule has 0 aromatic heterocycles. The molecule has 0 amide bonds. The van der Waals surface area contributed by atoms with E-state index in [1.54, 1.807) is 0 Å². The maximum atomic E-state index is 4.21. The van der Waals surface area contributed by atoms with E-state index in [4.69, 9.17) is 0 Å². The molecule has 3 heteroatoms. The molecule has 68 valence electrons. The van der Waals surface area contributed by atoms with E-state index in [1.807, 2.05) is 0 Å². The van der Waals surface area contributed by atoms with Gasteiger partial charge >= 0.3 is 0 Å². The summed E-state index contributed by atoms with van der Waals surface area (Å²) in [6, 6.07) is 0.425. The average molecular weight is 167 g/mol. The SMILES string of the molecule is C=C1NN=C(C(C)C)N1C(C)C. The lowest BCUT2D eigenvalue weighted by Gasteiger charge is -2.26. The second-order valence-corrected chi connectivity index (χ2v) is 3.65. The third-order valence-electron chi connectivity index (χ3n) is 1.87. The van der Waals surface area contributed by atoms with E-state index in [0.717, 1.165) is 11.7 Å². The number of nitrogens with zero attached hydrogens (tertiary/aromatic N) is 2. The van der Waals surface area contributed by atoms with Crippen LogP contribution in [0.5, 0.6) is 0 Å². The quantitative estimate of drug-likeness (QED) is 0.678. The average Bonchev–Trinajstić information content (AvgIpc) is 2.30. The number of amidine groups is 1. The van der Waals surface area contributed by atoms with Crippen molar-refractivity contribution < 1.29 is 0 Å². The summed E-state index contributed by atoms with van der Waals surface area (Å²) >= 11 is 0. The molecular formula is C9H17N3. The van der Waals surface area contributed by atoms with Gasteiger partial charge in [0, 0.05) is 12.0 Å². The zero-order chi connectivity index (χ0) is 9.30. The summed E-state index contributed by atoms with van der Waals surface area (Å²) in [4.78, 5) is 2.13. The van der Waals surface area contributed by atoms with E-state index in [9.17, 15) is 0 Å². The van der Waals surface area contributed by atoms with Crippen molar-refractivity contribution in [1.82, 2.24) is 10.3 Å². The molecular weight excluding hydrogens is 150 g/mol. The summed E-state index contributed by atoms with van der Waals surface area (Å²) in [5.41, 5.74) is 2.90. The maximum Gasteiger partial charge on any atom is 0.133 e. The van der Waals surface area contributed by atoms with E-state index < -0.39 is 0 Å².